The van der Waals surface area contributed by atoms with Gasteiger partial charge in [-0.25, -0.2) is 13.2 Å². The van der Waals surface area contributed by atoms with E-state index >= 15 is 0 Å². The van der Waals surface area contributed by atoms with Crippen molar-refractivity contribution in [1.82, 2.24) is 0 Å². The fourth-order valence-electron chi connectivity index (χ4n) is 2.57. The minimum atomic E-state index is -1.16. The molecule has 0 aliphatic heterocycles. The molecular weight excluding hydrogens is 227 g/mol. The highest BCUT2D eigenvalue weighted by Crippen LogP contribution is 2.34. The van der Waals surface area contributed by atoms with Gasteiger partial charge in [-0.3, -0.25) is 0 Å². The van der Waals surface area contributed by atoms with E-state index in [0.29, 0.717) is 6.07 Å². The highest BCUT2D eigenvalue weighted by molar-refractivity contribution is 5.24. The van der Waals surface area contributed by atoms with Crippen LogP contribution in [0.25, 0.3) is 0 Å². The van der Waals surface area contributed by atoms with Crippen LogP contribution in [-0.4, -0.2) is 0 Å². The number of benzene rings is 1. The molecule has 0 spiro atoms. The van der Waals surface area contributed by atoms with E-state index in [0.717, 1.165) is 38.2 Å². The summed E-state index contributed by atoms with van der Waals surface area (Å²) in [4.78, 5) is 0. The van der Waals surface area contributed by atoms with Crippen molar-refractivity contribution in [3.05, 3.63) is 35.1 Å². The van der Waals surface area contributed by atoms with E-state index in [1.54, 1.807) is 0 Å². The molecule has 0 aromatic heterocycles. The van der Waals surface area contributed by atoms with E-state index < -0.39 is 23.5 Å². The van der Waals surface area contributed by atoms with Gasteiger partial charge in [-0.1, -0.05) is 19.3 Å². The molecule has 1 aromatic carbocycles. The summed E-state index contributed by atoms with van der Waals surface area (Å²) in [5.74, 6) is -2.82. The summed E-state index contributed by atoms with van der Waals surface area (Å²) in [5, 5.41) is 0. The predicted molar refractivity (Wildman–Crippen MR) is 59.8 cm³/mol. The SMILES string of the molecule is N[C@H](c1cc(F)cc(F)c1F)C1CCCCC1. The zero-order chi connectivity index (χ0) is 12.4. The third-order valence-corrected chi connectivity index (χ3v) is 3.54. The Bertz CT molecular complexity index is 400. The molecule has 0 radical (unpaired) electrons. The van der Waals surface area contributed by atoms with Crippen molar-refractivity contribution in [2.45, 2.75) is 38.1 Å². The van der Waals surface area contributed by atoms with E-state index in [9.17, 15) is 13.2 Å². The van der Waals surface area contributed by atoms with Gasteiger partial charge in [0.1, 0.15) is 5.82 Å². The highest BCUT2D eigenvalue weighted by atomic mass is 19.2. The molecule has 1 nitrogen and oxygen atoms in total. The number of hydrogen-bond acceptors (Lipinski definition) is 1. The lowest BCUT2D eigenvalue weighted by atomic mass is 9.81. The van der Waals surface area contributed by atoms with Crippen molar-refractivity contribution in [3.8, 4) is 0 Å². The number of rotatable bonds is 2. The van der Waals surface area contributed by atoms with Gasteiger partial charge in [-0.15, -0.1) is 0 Å². The smallest absolute Gasteiger partial charge is 0.163 e. The Kier molecular flexibility index (Phi) is 3.72. The van der Waals surface area contributed by atoms with E-state index in [-0.39, 0.29) is 11.5 Å². The van der Waals surface area contributed by atoms with Crippen LogP contribution in [0.2, 0.25) is 0 Å². The lowest BCUT2D eigenvalue weighted by Gasteiger charge is -2.28. The summed E-state index contributed by atoms with van der Waals surface area (Å²) in [5.41, 5.74) is 5.90. The molecule has 4 heteroatoms. The molecule has 0 amide bonds. The maximum atomic E-state index is 13.6. The van der Waals surface area contributed by atoms with Crippen LogP contribution in [-0.2, 0) is 0 Å². The highest BCUT2D eigenvalue weighted by Gasteiger charge is 2.25. The van der Waals surface area contributed by atoms with Gasteiger partial charge in [-0.05, 0) is 24.8 Å². The second-order valence-electron chi connectivity index (χ2n) is 4.71. The molecule has 2 N–H and O–H groups in total. The van der Waals surface area contributed by atoms with E-state index in [4.69, 9.17) is 5.73 Å². The van der Waals surface area contributed by atoms with E-state index in [1.807, 2.05) is 0 Å². The van der Waals surface area contributed by atoms with Gasteiger partial charge in [0, 0.05) is 17.7 Å². The molecule has 0 unspecified atom stereocenters. The molecule has 94 valence electrons. The molecule has 1 aromatic rings. The molecule has 2 rings (SSSR count). The maximum Gasteiger partial charge on any atom is 0.163 e. The molecule has 0 bridgehead atoms. The van der Waals surface area contributed by atoms with Crippen LogP contribution < -0.4 is 5.73 Å². The van der Waals surface area contributed by atoms with Crippen molar-refractivity contribution in [2.24, 2.45) is 11.7 Å². The van der Waals surface area contributed by atoms with Gasteiger partial charge in [0.15, 0.2) is 11.6 Å². The molecule has 0 saturated heterocycles. The largest absolute Gasteiger partial charge is 0.324 e. The molecule has 1 atom stereocenters. The Balaban J connectivity index is 2.26. The van der Waals surface area contributed by atoms with Gasteiger partial charge in [0.25, 0.3) is 0 Å². The van der Waals surface area contributed by atoms with Crippen molar-refractivity contribution in [2.75, 3.05) is 0 Å². The summed E-state index contributed by atoms with van der Waals surface area (Å²) in [6.07, 6.45) is 5.07. The van der Waals surface area contributed by atoms with Crippen molar-refractivity contribution < 1.29 is 13.2 Å². The van der Waals surface area contributed by atoms with E-state index in [1.165, 1.54) is 0 Å². The first-order valence-corrected chi connectivity index (χ1v) is 5.99. The Morgan fingerprint density at radius 1 is 1.06 bits per heavy atom. The zero-order valence-corrected chi connectivity index (χ0v) is 9.56. The zero-order valence-electron chi connectivity index (χ0n) is 9.56. The minimum absolute atomic E-state index is 0.0330. The minimum Gasteiger partial charge on any atom is -0.324 e. The second-order valence-corrected chi connectivity index (χ2v) is 4.71. The van der Waals surface area contributed by atoms with Gasteiger partial charge >= 0.3 is 0 Å². The van der Waals surface area contributed by atoms with Crippen LogP contribution in [0, 0.1) is 23.4 Å². The average molecular weight is 243 g/mol. The van der Waals surface area contributed by atoms with Gasteiger partial charge in [0.05, 0.1) is 0 Å². The summed E-state index contributed by atoms with van der Waals surface area (Å²) in [6, 6.07) is 0.949. The quantitative estimate of drug-likeness (QED) is 0.788. The Hall–Kier alpha value is -1.03. The average Bonchev–Trinajstić information content (AvgIpc) is 2.34. The fraction of sp³-hybridized carbons (Fsp3) is 0.538. The van der Waals surface area contributed by atoms with Crippen LogP contribution in [0.3, 0.4) is 0 Å². The molecule has 1 aliphatic carbocycles. The lowest BCUT2D eigenvalue weighted by Crippen LogP contribution is -2.25. The standard InChI is InChI=1S/C13H16F3N/c14-9-6-10(12(16)11(15)7-9)13(17)8-4-2-1-3-5-8/h6-8,13H,1-5,17H2/t13-/m0/s1. The summed E-state index contributed by atoms with van der Waals surface area (Å²) >= 11 is 0. The first-order valence-electron chi connectivity index (χ1n) is 5.99. The first kappa shape index (κ1) is 12.4. The van der Waals surface area contributed by atoms with Crippen LogP contribution in [0.4, 0.5) is 13.2 Å². The van der Waals surface area contributed by atoms with Gasteiger partial charge < -0.3 is 5.73 Å². The number of nitrogens with two attached hydrogens (primary N) is 1. The number of hydrogen-bond donors (Lipinski definition) is 1. The topological polar surface area (TPSA) is 26.0 Å². The second kappa shape index (κ2) is 5.08. The Morgan fingerprint density at radius 2 is 1.71 bits per heavy atom. The molecule has 17 heavy (non-hydrogen) atoms. The first-order chi connectivity index (χ1) is 8.09. The monoisotopic (exact) mass is 243 g/mol. The lowest BCUT2D eigenvalue weighted by molar-refractivity contribution is 0.301. The molecule has 1 aliphatic rings. The summed E-state index contributed by atoms with van der Waals surface area (Å²) in [7, 11) is 0. The Morgan fingerprint density at radius 3 is 2.35 bits per heavy atom. The van der Waals surface area contributed by atoms with Crippen molar-refractivity contribution in [1.29, 1.82) is 0 Å². The van der Waals surface area contributed by atoms with Crippen molar-refractivity contribution in [3.63, 3.8) is 0 Å². The normalized spacial score (nSPS) is 19.3. The maximum absolute atomic E-state index is 13.6. The summed E-state index contributed by atoms with van der Waals surface area (Å²) < 4.78 is 39.7. The third-order valence-electron chi connectivity index (χ3n) is 3.54. The van der Waals surface area contributed by atoms with E-state index in [2.05, 4.69) is 0 Å². The molecule has 1 fully saturated rings. The Labute approximate surface area is 98.8 Å². The molecular formula is C13H16F3N. The number of halogens is 3. The van der Waals surface area contributed by atoms with Crippen LogP contribution in [0.1, 0.15) is 43.7 Å². The van der Waals surface area contributed by atoms with Gasteiger partial charge in [-0.2, -0.15) is 0 Å². The third kappa shape index (κ3) is 2.63. The van der Waals surface area contributed by atoms with Crippen molar-refractivity contribution >= 4 is 0 Å². The molecule has 0 heterocycles. The summed E-state index contributed by atoms with van der Waals surface area (Å²) in [6.45, 7) is 0. The molecule has 1 saturated carbocycles. The van der Waals surface area contributed by atoms with Crippen LogP contribution in [0.15, 0.2) is 12.1 Å². The van der Waals surface area contributed by atoms with Crippen LogP contribution in [0.5, 0.6) is 0 Å². The fourth-order valence-corrected chi connectivity index (χ4v) is 2.57. The van der Waals surface area contributed by atoms with Gasteiger partial charge in [0.2, 0.25) is 0 Å². The predicted octanol–water partition coefficient (Wildman–Crippen LogP) is 3.68. The van der Waals surface area contributed by atoms with Crippen LogP contribution >= 0.6 is 0 Å².